The van der Waals surface area contributed by atoms with Crippen molar-refractivity contribution in [2.45, 2.75) is 25.2 Å². The van der Waals surface area contributed by atoms with Crippen LogP contribution in [-0.2, 0) is 16.1 Å². The topological polar surface area (TPSA) is 102 Å². The van der Waals surface area contributed by atoms with Crippen molar-refractivity contribution in [3.05, 3.63) is 47.7 Å². The molecule has 2 aromatic rings. The maximum Gasteiger partial charge on any atom is 0.269 e. The minimum atomic E-state index is -0.266. The summed E-state index contributed by atoms with van der Waals surface area (Å²) in [6.45, 7) is 1.56. The van der Waals surface area contributed by atoms with Crippen molar-refractivity contribution in [1.29, 1.82) is 0 Å². The number of rotatable bonds is 5. The van der Waals surface area contributed by atoms with Crippen molar-refractivity contribution in [3.63, 3.8) is 0 Å². The first-order chi connectivity index (χ1) is 11.2. The van der Waals surface area contributed by atoms with Gasteiger partial charge in [-0.15, -0.1) is 0 Å². The molecule has 1 saturated heterocycles. The average Bonchev–Trinajstić information content (AvgIpc) is 3.02. The van der Waals surface area contributed by atoms with Crippen LogP contribution in [0.25, 0.3) is 0 Å². The second-order valence-electron chi connectivity index (χ2n) is 5.49. The molecular weight excluding hydrogens is 296 g/mol. The van der Waals surface area contributed by atoms with Crippen LogP contribution in [0, 0.1) is 0 Å². The molecule has 1 fully saturated rings. The van der Waals surface area contributed by atoms with Gasteiger partial charge in [0, 0.05) is 12.7 Å². The number of benzene rings is 1. The number of carbonyl (C=O) groups is 1. The maximum absolute atomic E-state index is 12.2. The molecule has 122 valence electrons. The van der Waals surface area contributed by atoms with Gasteiger partial charge in [-0.1, -0.05) is 30.3 Å². The SMILES string of the molecule is Nc1cc(C(=O)N[C@@H]2COCC[C@@H]2OCc2ccccc2)[nH]n1. The van der Waals surface area contributed by atoms with Gasteiger partial charge < -0.3 is 20.5 Å². The number of H-pyrrole nitrogens is 1. The average molecular weight is 316 g/mol. The molecule has 0 radical (unpaired) electrons. The van der Waals surface area contributed by atoms with Gasteiger partial charge in [0.1, 0.15) is 11.5 Å². The number of nitrogens with zero attached hydrogens (tertiary/aromatic N) is 1. The minimum absolute atomic E-state index is 0.0897. The number of carbonyl (C=O) groups excluding carboxylic acids is 1. The maximum atomic E-state index is 12.2. The molecule has 1 aliphatic rings. The molecule has 7 nitrogen and oxygen atoms in total. The Balaban J connectivity index is 1.58. The Morgan fingerprint density at radius 2 is 2.26 bits per heavy atom. The van der Waals surface area contributed by atoms with E-state index in [1.807, 2.05) is 30.3 Å². The quantitative estimate of drug-likeness (QED) is 0.766. The predicted molar refractivity (Wildman–Crippen MR) is 84.7 cm³/mol. The Kier molecular flexibility index (Phi) is 4.89. The van der Waals surface area contributed by atoms with Crippen molar-refractivity contribution in [2.24, 2.45) is 0 Å². The zero-order valence-corrected chi connectivity index (χ0v) is 12.7. The predicted octanol–water partition coefficient (Wildman–Crippen LogP) is 1.10. The third-order valence-electron chi connectivity index (χ3n) is 3.76. The molecule has 1 amide bonds. The van der Waals surface area contributed by atoms with E-state index in [1.54, 1.807) is 0 Å². The molecule has 3 rings (SSSR count). The summed E-state index contributed by atoms with van der Waals surface area (Å²) in [5.74, 6) is 0.0185. The van der Waals surface area contributed by atoms with Gasteiger partial charge in [-0.25, -0.2) is 0 Å². The number of hydrogen-bond acceptors (Lipinski definition) is 5. The number of nitrogens with one attached hydrogen (secondary N) is 2. The van der Waals surface area contributed by atoms with E-state index < -0.39 is 0 Å². The molecular formula is C16H20N4O3. The summed E-state index contributed by atoms with van der Waals surface area (Å²) in [6, 6.07) is 11.2. The van der Waals surface area contributed by atoms with Crippen LogP contribution >= 0.6 is 0 Å². The number of amides is 1. The molecule has 4 N–H and O–H groups in total. The van der Waals surface area contributed by atoms with Crippen LogP contribution in [0.15, 0.2) is 36.4 Å². The smallest absolute Gasteiger partial charge is 0.269 e. The molecule has 1 aromatic heterocycles. The van der Waals surface area contributed by atoms with Gasteiger partial charge in [0.25, 0.3) is 5.91 Å². The highest BCUT2D eigenvalue weighted by Crippen LogP contribution is 2.15. The van der Waals surface area contributed by atoms with E-state index in [0.717, 1.165) is 12.0 Å². The summed E-state index contributed by atoms with van der Waals surface area (Å²) < 4.78 is 11.4. The summed E-state index contributed by atoms with van der Waals surface area (Å²) in [5, 5.41) is 9.27. The van der Waals surface area contributed by atoms with Crippen molar-refractivity contribution < 1.29 is 14.3 Å². The zero-order chi connectivity index (χ0) is 16.1. The lowest BCUT2D eigenvalue weighted by Crippen LogP contribution is -2.50. The van der Waals surface area contributed by atoms with Crippen LogP contribution < -0.4 is 11.1 Å². The standard InChI is InChI=1S/C16H20N4O3/c17-15-8-12(19-20-15)16(21)18-13-10-22-7-6-14(13)23-9-11-4-2-1-3-5-11/h1-5,8,13-14H,6-7,9-10H2,(H,18,21)(H3,17,19,20)/t13-,14+/m1/s1. The number of nitrogens with two attached hydrogens (primary N) is 1. The van der Waals surface area contributed by atoms with Crippen molar-refractivity contribution in [1.82, 2.24) is 15.5 Å². The molecule has 2 atom stereocenters. The number of nitrogen functional groups attached to an aromatic ring is 1. The van der Waals surface area contributed by atoms with Crippen LogP contribution in [0.5, 0.6) is 0 Å². The minimum Gasteiger partial charge on any atom is -0.382 e. The van der Waals surface area contributed by atoms with Crippen molar-refractivity contribution >= 4 is 11.7 Å². The highest BCUT2D eigenvalue weighted by atomic mass is 16.5. The normalized spacial score (nSPS) is 21.0. The molecule has 1 aliphatic heterocycles. The van der Waals surface area contributed by atoms with Crippen LogP contribution in [0.4, 0.5) is 5.82 Å². The lowest BCUT2D eigenvalue weighted by atomic mass is 10.1. The molecule has 0 aliphatic carbocycles. The summed E-state index contributed by atoms with van der Waals surface area (Å²) in [5.41, 5.74) is 6.95. The molecule has 7 heteroatoms. The lowest BCUT2D eigenvalue weighted by Gasteiger charge is -2.32. The molecule has 0 unspecified atom stereocenters. The monoisotopic (exact) mass is 316 g/mol. The number of anilines is 1. The number of aromatic nitrogens is 2. The molecule has 0 bridgehead atoms. The second kappa shape index (κ2) is 7.26. The second-order valence-corrected chi connectivity index (χ2v) is 5.49. The van der Waals surface area contributed by atoms with E-state index in [9.17, 15) is 4.79 Å². The molecule has 2 heterocycles. The van der Waals surface area contributed by atoms with E-state index >= 15 is 0 Å². The molecule has 23 heavy (non-hydrogen) atoms. The van der Waals surface area contributed by atoms with E-state index in [0.29, 0.717) is 25.5 Å². The van der Waals surface area contributed by atoms with E-state index in [2.05, 4.69) is 15.5 Å². The Labute approximate surface area is 134 Å². The van der Waals surface area contributed by atoms with Crippen LogP contribution in [0.3, 0.4) is 0 Å². The summed E-state index contributed by atoms with van der Waals surface area (Å²) in [6.07, 6.45) is 0.649. The fourth-order valence-electron chi connectivity index (χ4n) is 2.53. The molecule has 0 saturated carbocycles. The third-order valence-corrected chi connectivity index (χ3v) is 3.76. The fraction of sp³-hybridized carbons (Fsp3) is 0.375. The van der Waals surface area contributed by atoms with Gasteiger partial charge in [0.15, 0.2) is 0 Å². The first-order valence-electron chi connectivity index (χ1n) is 7.57. The van der Waals surface area contributed by atoms with E-state index in [-0.39, 0.29) is 23.9 Å². The lowest BCUT2D eigenvalue weighted by molar-refractivity contribution is -0.0605. The fourth-order valence-corrected chi connectivity index (χ4v) is 2.53. The van der Waals surface area contributed by atoms with Gasteiger partial charge in [-0.2, -0.15) is 5.10 Å². The first-order valence-corrected chi connectivity index (χ1v) is 7.57. The van der Waals surface area contributed by atoms with Crippen molar-refractivity contribution in [2.75, 3.05) is 18.9 Å². The van der Waals surface area contributed by atoms with Gasteiger partial charge in [-0.05, 0) is 12.0 Å². The Bertz CT molecular complexity index is 644. The Hall–Kier alpha value is -2.38. The van der Waals surface area contributed by atoms with Crippen LogP contribution in [0.1, 0.15) is 22.5 Å². The Morgan fingerprint density at radius 3 is 3.00 bits per heavy atom. The van der Waals surface area contributed by atoms with Gasteiger partial charge in [0.2, 0.25) is 0 Å². The van der Waals surface area contributed by atoms with E-state index in [4.69, 9.17) is 15.2 Å². The number of aromatic amines is 1. The number of ether oxygens (including phenoxy) is 2. The van der Waals surface area contributed by atoms with Gasteiger partial charge in [-0.3, -0.25) is 9.89 Å². The van der Waals surface area contributed by atoms with E-state index in [1.165, 1.54) is 6.07 Å². The highest BCUT2D eigenvalue weighted by Gasteiger charge is 2.28. The zero-order valence-electron chi connectivity index (χ0n) is 12.7. The highest BCUT2D eigenvalue weighted by molar-refractivity contribution is 5.93. The van der Waals surface area contributed by atoms with Gasteiger partial charge >= 0.3 is 0 Å². The third kappa shape index (κ3) is 4.08. The summed E-state index contributed by atoms with van der Waals surface area (Å²) in [4.78, 5) is 12.2. The number of hydrogen-bond donors (Lipinski definition) is 3. The largest absolute Gasteiger partial charge is 0.382 e. The van der Waals surface area contributed by atoms with Crippen LogP contribution in [0.2, 0.25) is 0 Å². The first kappa shape index (κ1) is 15.5. The van der Waals surface area contributed by atoms with Gasteiger partial charge in [0.05, 0.1) is 25.4 Å². The molecule has 0 spiro atoms. The van der Waals surface area contributed by atoms with Crippen LogP contribution in [-0.4, -0.2) is 41.5 Å². The Morgan fingerprint density at radius 1 is 1.43 bits per heavy atom. The summed E-state index contributed by atoms with van der Waals surface area (Å²) in [7, 11) is 0. The molecule has 1 aromatic carbocycles. The van der Waals surface area contributed by atoms with Crippen molar-refractivity contribution in [3.8, 4) is 0 Å². The summed E-state index contributed by atoms with van der Waals surface area (Å²) >= 11 is 0.